The van der Waals surface area contributed by atoms with E-state index in [1.54, 1.807) is 12.1 Å². The van der Waals surface area contributed by atoms with Crippen molar-refractivity contribution in [3.05, 3.63) is 29.3 Å². The maximum atomic E-state index is 12.5. The number of amides is 2. The van der Waals surface area contributed by atoms with E-state index in [1.807, 2.05) is 0 Å². The van der Waals surface area contributed by atoms with Gasteiger partial charge in [0.15, 0.2) is 0 Å². The lowest BCUT2D eigenvalue weighted by atomic mass is 9.72. The number of rotatable bonds is 9. The average Bonchev–Trinajstić information content (AvgIpc) is 2.72. The van der Waals surface area contributed by atoms with Crippen LogP contribution in [0.1, 0.15) is 49.0 Å². The monoisotopic (exact) mass is 446 g/mol. The topological polar surface area (TPSA) is 149 Å². The second-order valence-electron chi connectivity index (χ2n) is 8.59. The lowest BCUT2D eigenvalue weighted by molar-refractivity contribution is -0.127. The molecule has 1 fully saturated rings. The SMILES string of the molecule is CC(C)NCCNC1CCC(CC(=O)N[C@H]2Cc3cccc(C(=O)O)c3OB2O)NC1=O. The van der Waals surface area contributed by atoms with Crippen LogP contribution in [-0.4, -0.2) is 72.2 Å². The number of hydrogen-bond acceptors (Lipinski definition) is 7. The molecule has 0 saturated carbocycles. The summed E-state index contributed by atoms with van der Waals surface area (Å²) in [6.45, 7) is 5.59. The molecule has 2 heterocycles. The first-order valence-electron chi connectivity index (χ1n) is 11.0. The molecule has 2 aliphatic rings. The molecule has 3 rings (SSSR count). The van der Waals surface area contributed by atoms with Gasteiger partial charge in [-0.05, 0) is 30.9 Å². The number of carbonyl (C=O) groups excluding carboxylic acids is 2. The third kappa shape index (κ3) is 6.21. The van der Waals surface area contributed by atoms with Crippen molar-refractivity contribution in [2.24, 2.45) is 0 Å². The van der Waals surface area contributed by atoms with Crippen LogP contribution in [0.2, 0.25) is 0 Å². The standard InChI is InChI=1S/C21H31BN4O6/c1-12(2)23-8-9-24-16-7-6-14(25-20(16)28)11-18(27)26-17-10-13-4-3-5-15(21(29)30)19(13)32-22(17)31/h3-5,12,14,16-17,23-24,31H,6-11H2,1-2H3,(H,25,28)(H,26,27)(H,29,30)/t14?,16?,17-/m0/s1. The van der Waals surface area contributed by atoms with Gasteiger partial charge >= 0.3 is 13.1 Å². The fourth-order valence-corrected chi connectivity index (χ4v) is 4.03. The van der Waals surface area contributed by atoms with E-state index in [-0.39, 0.29) is 48.1 Å². The second-order valence-corrected chi connectivity index (χ2v) is 8.59. The number of hydrogen-bond donors (Lipinski definition) is 6. The Morgan fingerprint density at radius 3 is 2.75 bits per heavy atom. The highest BCUT2D eigenvalue weighted by atomic mass is 16.5. The van der Waals surface area contributed by atoms with Gasteiger partial charge in [-0.2, -0.15) is 0 Å². The summed E-state index contributed by atoms with van der Waals surface area (Å²) in [5, 5.41) is 31.7. The number of carboxylic acids is 1. The third-order valence-corrected chi connectivity index (χ3v) is 5.66. The molecule has 1 aromatic carbocycles. The Morgan fingerprint density at radius 2 is 2.06 bits per heavy atom. The number of benzene rings is 1. The maximum absolute atomic E-state index is 12.5. The smallest absolute Gasteiger partial charge is 0.534 e. The van der Waals surface area contributed by atoms with Crippen molar-refractivity contribution in [2.45, 2.75) is 63.6 Å². The first kappa shape index (κ1) is 24.0. The summed E-state index contributed by atoms with van der Waals surface area (Å²) in [7, 11) is -1.36. The zero-order chi connectivity index (χ0) is 23.3. The van der Waals surface area contributed by atoms with E-state index >= 15 is 0 Å². The highest BCUT2D eigenvalue weighted by molar-refractivity contribution is 6.47. The number of para-hydroxylation sites is 1. The van der Waals surface area contributed by atoms with E-state index < -0.39 is 19.0 Å². The molecule has 1 saturated heterocycles. The molecular formula is C21H31BN4O6. The fraction of sp³-hybridized carbons (Fsp3) is 0.571. The first-order chi connectivity index (χ1) is 15.2. The quantitative estimate of drug-likeness (QED) is 0.219. The Hall–Kier alpha value is -2.63. The van der Waals surface area contributed by atoms with E-state index in [4.69, 9.17) is 4.65 Å². The summed E-state index contributed by atoms with van der Waals surface area (Å²) < 4.78 is 5.40. The molecule has 10 nitrogen and oxygen atoms in total. The van der Waals surface area contributed by atoms with Crippen molar-refractivity contribution < 1.29 is 29.2 Å². The minimum atomic E-state index is -1.36. The minimum Gasteiger partial charge on any atom is -0.534 e. The van der Waals surface area contributed by atoms with Gasteiger partial charge in [-0.25, -0.2) is 4.79 Å². The van der Waals surface area contributed by atoms with Crippen molar-refractivity contribution in [1.82, 2.24) is 21.3 Å². The van der Waals surface area contributed by atoms with Crippen molar-refractivity contribution >= 4 is 24.9 Å². The number of aromatic carboxylic acids is 1. The van der Waals surface area contributed by atoms with Crippen molar-refractivity contribution in [1.29, 1.82) is 0 Å². The lowest BCUT2D eigenvalue weighted by Crippen LogP contribution is -2.56. The molecule has 11 heteroatoms. The zero-order valence-corrected chi connectivity index (χ0v) is 18.4. The molecule has 1 aromatic rings. The normalized spacial score (nSPS) is 22.7. The molecule has 0 radical (unpaired) electrons. The zero-order valence-electron chi connectivity index (χ0n) is 18.4. The first-order valence-corrected chi connectivity index (χ1v) is 11.0. The van der Waals surface area contributed by atoms with Crippen LogP contribution in [0.3, 0.4) is 0 Å². The Balaban J connectivity index is 1.47. The summed E-state index contributed by atoms with van der Waals surface area (Å²) in [6.07, 6.45) is 1.66. The molecule has 2 unspecified atom stereocenters. The molecule has 0 aliphatic carbocycles. The summed E-state index contributed by atoms with van der Waals surface area (Å²) in [5.41, 5.74) is 0.576. The molecular weight excluding hydrogens is 415 g/mol. The highest BCUT2D eigenvalue weighted by Gasteiger charge is 2.38. The van der Waals surface area contributed by atoms with Crippen LogP contribution >= 0.6 is 0 Å². The number of fused-ring (bicyclic) bond motifs is 1. The molecule has 2 amide bonds. The Kier molecular flexibility index (Phi) is 8.11. The molecule has 32 heavy (non-hydrogen) atoms. The molecule has 0 spiro atoms. The minimum absolute atomic E-state index is 0.0283. The Labute approximate surface area is 187 Å². The maximum Gasteiger partial charge on any atom is 0.547 e. The van der Waals surface area contributed by atoms with E-state index in [9.17, 15) is 24.5 Å². The van der Waals surface area contributed by atoms with Crippen LogP contribution in [0, 0.1) is 0 Å². The lowest BCUT2D eigenvalue weighted by Gasteiger charge is -2.31. The summed E-state index contributed by atoms with van der Waals surface area (Å²) in [4.78, 5) is 36.2. The summed E-state index contributed by atoms with van der Waals surface area (Å²) in [6, 6.07) is 4.56. The van der Waals surface area contributed by atoms with E-state index in [1.165, 1.54) is 6.07 Å². The molecule has 0 bridgehead atoms. The van der Waals surface area contributed by atoms with Crippen molar-refractivity contribution in [2.75, 3.05) is 13.1 Å². The second kappa shape index (κ2) is 10.8. The van der Waals surface area contributed by atoms with E-state index in [0.717, 1.165) is 6.54 Å². The Morgan fingerprint density at radius 1 is 1.28 bits per heavy atom. The van der Waals surface area contributed by atoms with Crippen molar-refractivity contribution in [3.8, 4) is 5.75 Å². The summed E-state index contributed by atoms with van der Waals surface area (Å²) in [5.74, 6) is -2.16. The van der Waals surface area contributed by atoms with Crippen LogP contribution in [0.15, 0.2) is 18.2 Å². The Bertz CT molecular complexity index is 852. The van der Waals surface area contributed by atoms with Crippen LogP contribution in [0.25, 0.3) is 0 Å². The van der Waals surface area contributed by atoms with Crippen LogP contribution in [0.4, 0.5) is 0 Å². The van der Waals surface area contributed by atoms with Gasteiger partial charge in [-0.3, -0.25) is 9.59 Å². The molecule has 2 aliphatic heterocycles. The van der Waals surface area contributed by atoms with Gasteiger partial charge in [0.1, 0.15) is 5.75 Å². The average molecular weight is 446 g/mol. The third-order valence-electron chi connectivity index (χ3n) is 5.66. The summed E-state index contributed by atoms with van der Waals surface area (Å²) >= 11 is 0. The largest absolute Gasteiger partial charge is 0.547 e. The van der Waals surface area contributed by atoms with Gasteiger partial charge in [0.05, 0.1) is 17.5 Å². The number of carbonyl (C=O) groups is 3. The van der Waals surface area contributed by atoms with Gasteiger partial charge in [-0.1, -0.05) is 26.0 Å². The van der Waals surface area contributed by atoms with E-state index in [0.29, 0.717) is 31.0 Å². The van der Waals surface area contributed by atoms with Gasteiger partial charge < -0.3 is 36.1 Å². The van der Waals surface area contributed by atoms with E-state index in [2.05, 4.69) is 35.1 Å². The molecule has 6 N–H and O–H groups in total. The number of carboxylic acid groups (broad SMARTS) is 1. The molecule has 3 atom stereocenters. The van der Waals surface area contributed by atoms with Crippen molar-refractivity contribution in [3.63, 3.8) is 0 Å². The highest BCUT2D eigenvalue weighted by Crippen LogP contribution is 2.30. The molecule has 0 aromatic heterocycles. The number of piperidine rings is 1. The van der Waals surface area contributed by atoms with Gasteiger partial charge in [0.25, 0.3) is 0 Å². The van der Waals surface area contributed by atoms with Crippen LogP contribution < -0.4 is 25.9 Å². The predicted octanol–water partition coefficient (Wildman–Crippen LogP) is -0.551. The van der Waals surface area contributed by atoms with Gasteiger partial charge in [-0.15, -0.1) is 0 Å². The van der Waals surface area contributed by atoms with Gasteiger partial charge in [0.2, 0.25) is 11.8 Å². The molecule has 174 valence electrons. The van der Waals surface area contributed by atoms with Crippen LogP contribution in [0.5, 0.6) is 5.75 Å². The number of nitrogens with one attached hydrogen (secondary N) is 4. The van der Waals surface area contributed by atoms with Gasteiger partial charge in [0, 0.05) is 31.6 Å². The predicted molar refractivity (Wildman–Crippen MR) is 118 cm³/mol. The fourth-order valence-electron chi connectivity index (χ4n) is 4.03. The van der Waals surface area contributed by atoms with Crippen LogP contribution in [-0.2, 0) is 16.0 Å².